The highest BCUT2D eigenvalue weighted by molar-refractivity contribution is 7.80. The summed E-state index contributed by atoms with van der Waals surface area (Å²) in [4.78, 5) is 0. The summed E-state index contributed by atoms with van der Waals surface area (Å²) in [6.45, 7) is 4.29. The Kier molecular flexibility index (Phi) is 4.42. The molecule has 0 amide bonds. The third-order valence-electron chi connectivity index (χ3n) is 6.94. The molecule has 2 aliphatic heterocycles. The topological polar surface area (TPSA) is 48.1 Å². The SMILES string of the molecule is Cc1ccc(C2NC(c3ccc(C)cc3)C3CCCC2C32NNC(=S)N2)cc1. The van der Waals surface area contributed by atoms with E-state index in [-0.39, 0.29) is 17.7 Å². The van der Waals surface area contributed by atoms with Gasteiger partial charge in [0.15, 0.2) is 5.11 Å². The molecule has 1 spiro atoms. The van der Waals surface area contributed by atoms with Crippen LogP contribution in [0.5, 0.6) is 0 Å². The van der Waals surface area contributed by atoms with Gasteiger partial charge in [0.2, 0.25) is 0 Å². The van der Waals surface area contributed by atoms with Crippen molar-refractivity contribution in [3.8, 4) is 0 Å². The first-order valence-electron chi connectivity index (χ1n) is 10.3. The number of hydrogen-bond acceptors (Lipinski definition) is 3. The quantitative estimate of drug-likeness (QED) is 0.586. The molecule has 5 rings (SSSR count). The van der Waals surface area contributed by atoms with E-state index >= 15 is 0 Å². The minimum Gasteiger partial charge on any atom is -0.342 e. The van der Waals surface area contributed by atoms with Crippen LogP contribution in [0.25, 0.3) is 0 Å². The van der Waals surface area contributed by atoms with Crippen molar-refractivity contribution in [2.24, 2.45) is 11.8 Å². The zero-order valence-electron chi connectivity index (χ0n) is 16.5. The predicted molar refractivity (Wildman–Crippen MR) is 117 cm³/mol. The number of hydrogen-bond donors (Lipinski definition) is 4. The van der Waals surface area contributed by atoms with Gasteiger partial charge < -0.3 is 10.6 Å². The Bertz CT molecular complexity index is 817. The van der Waals surface area contributed by atoms with Crippen LogP contribution in [0.15, 0.2) is 48.5 Å². The van der Waals surface area contributed by atoms with Gasteiger partial charge in [-0.05, 0) is 50.0 Å². The molecule has 2 aromatic carbocycles. The predicted octanol–water partition coefficient (Wildman–Crippen LogP) is 3.78. The van der Waals surface area contributed by atoms with Crippen LogP contribution in [-0.4, -0.2) is 10.8 Å². The zero-order chi connectivity index (χ0) is 19.3. The van der Waals surface area contributed by atoms with Crippen molar-refractivity contribution in [2.75, 3.05) is 0 Å². The van der Waals surface area contributed by atoms with E-state index in [2.05, 4.69) is 83.9 Å². The molecule has 4 N–H and O–H groups in total. The lowest BCUT2D eigenvalue weighted by Gasteiger charge is -2.57. The van der Waals surface area contributed by atoms with Gasteiger partial charge in [0, 0.05) is 23.9 Å². The van der Waals surface area contributed by atoms with Crippen molar-refractivity contribution in [3.63, 3.8) is 0 Å². The van der Waals surface area contributed by atoms with E-state index in [1.54, 1.807) is 0 Å². The maximum absolute atomic E-state index is 5.49. The van der Waals surface area contributed by atoms with Crippen molar-refractivity contribution < 1.29 is 0 Å². The highest BCUT2D eigenvalue weighted by Crippen LogP contribution is 2.53. The summed E-state index contributed by atoms with van der Waals surface area (Å²) in [7, 11) is 0. The number of aryl methyl sites for hydroxylation is 2. The molecule has 2 heterocycles. The minimum absolute atomic E-state index is 0.217. The fourth-order valence-electron chi connectivity index (χ4n) is 5.56. The van der Waals surface area contributed by atoms with Crippen LogP contribution in [-0.2, 0) is 0 Å². The summed E-state index contributed by atoms with van der Waals surface area (Å²) in [6, 6.07) is 18.5. The number of piperidine rings is 1. The average molecular weight is 393 g/mol. The highest BCUT2D eigenvalue weighted by atomic mass is 32.1. The Labute approximate surface area is 172 Å². The van der Waals surface area contributed by atoms with Gasteiger partial charge in [0.05, 0.1) is 0 Å². The van der Waals surface area contributed by atoms with Gasteiger partial charge in [-0.3, -0.25) is 5.43 Å². The molecule has 4 nitrogen and oxygen atoms in total. The van der Waals surface area contributed by atoms with Crippen molar-refractivity contribution in [3.05, 3.63) is 70.8 Å². The molecule has 5 heteroatoms. The summed E-state index contributed by atoms with van der Waals surface area (Å²) < 4.78 is 0. The average Bonchev–Trinajstić information content (AvgIpc) is 3.05. The van der Waals surface area contributed by atoms with E-state index in [1.165, 1.54) is 41.5 Å². The molecule has 2 aromatic rings. The van der Waals surface area contributed by atoms with Crippen molar-refractivity contribution in [1.82, 2.24) is 21.5 Å². The third kappa shape index (κ3) is 2.84. The van der Waals surface area contributed by atoms with E-state index in [9.17, 15) is 0 Å². The lowest BCUT2D eigenvalue weighted by Crippen LogP contribution is -2.71. The van der Waals surface area contributed by atoms with Crippen LogP contribution in [0, 0.1) is 25.7 Å². The van der Waals surface area contributed by atoms with Gasteiger partial charge >= 0.3 is 0 Å². The largest absolute Gasteiger partial charge is 0.342 e. The number of nitrogens with one attached hydrogen (secondary N) is 4. The summed E-state index contributed by atoms with van der Waals surface area (Å²) in [5.74, 6) is 0.840. The van der Waals surface area contributed by atoms with Gasteiger partial charge in [-0.2, -0.15) is 0 Å². The monoisotopic (exact) mass is 392 g/mol. The van der Waals surface area contributed by atoms with E-state index in [4.69, 9.17) is 12.2 Å². The van der Waals surface area contributed by atoms with E-state index < -0.39 is 0 Å². The molecule has 0 aromatic heterocycles. The molecule has 3 fully saturated rings. The molecule has 4 unspecified atom stereocenters. The Morgan fingerprint density at radius 2 is 1.32 bits per heavy atom. The first kappa shape index (κ1) is 18.1. The first-order chi connectivity index (χ1) is 13.6. The second-order valence-corrected chi connectivity index (χ2v) is 9.07. The van der Waals surface area contributed by atoms with E-state index in [1.807, 2.05) is 0 Å². The van der Waals surface area contributed by atoms with Gasteiger partial charge in [-0.15, -0.1) is 0 Å². The Morgan fingerprint density at radius 3 is 1.75 bits per heavy atom. The smallest absolute Gasteiger partial charge is 0.182 e. The minimum atomic E-state index is -0.217. The Balaban J connectivity index is 1.61. The standard InChI is InChI=1S/C23H28N4S/c1-14-6-10-16(11-7-14)20-18-4-3-5-19(23(18)25-22(28)26-27-23)21(24-20)17-12-8-15(2)9-13-17/h6-13,18-21,24,27H,3-5H2,1-2H3,(H2,25,26,28). The maximum Gasteiger partial charge on any atom is 0.182 e. The van der Waals surface area contributed by atoms with Crippen LogP contribution in [0.2, 0.25) is 0 Å². The molecule has 1 aliphatic carbocycles. The molecule has 2 bridgehead atoms. The second kappa shape index (κ2) is 6.83. The van der Waals surface area contributed by atoms with Gasteiger partial charge in [-0.1, -0.05) is 66.1 Å². The maximum atomic E-state index is 5.49. The molecule has 146 valence electrons. The Morgan fingerprint density at radius 1 is 0.821 bits per heavy atom. The highest BCUT2D eigenvalue weighted by Gasteiger charge is 2.59. The van der Waals surface area contributed by atoms with Gasteiger partial charge in [0.25, 0.3) is 0 Å². The van der Waals surface area contributed by atoms with Crippen molar-refractivity contribution in [1.29, 1.82) is 0 Å². The molecule has 28 heavy (non-hydrogen) atoms. The van der Waals surface area contributed by atoms with Crippen LogP contribution >= 0.6 is 12.2 Å². The number of rotatable bonds is 2. The molecule has 0 radical (unpaired) electrons. The molecular weight excluding hydrogens is 364 g/mol. The van der Waals surface area contributed by atoms with Crippen LogP contribution < -0.4 is 21.5 Å². The lowest BCUT2D eigenvalue weighted by atomic mass is 9.61. The second-order valence-electron chi connectivity index (χ2n) is 8.66. The number of thiocarbonyl (C=S) groups is 1. The molecule has 4 atom stereocenters. The Hall–Kier alpha value is -1.95. The van der Waals surface area contributed by atoms with E-state index in [0.29, 0.717) is 16.9 Å². The fourth-order valence-corrected chi connectivity index (χ4v) is 5.78. The van der Waals surface area contributed by atoms with Crippen LogP contribution in [0.4, 0.5) is 0 Å². The number of benzene rings is 2. The van der Waals surface area contributed by atoms with Gasteiger partial charge in [-0.25, -0.2) is 5.43 Å². The summed E-state index contributed by atoms with van der Waals surface area (Å²) in [5, 5.41) is 8.42. The first-order valence-corrected chi connectivity index (χ1v) is 10.7. The fraction of sp³-hybridized carbons (Fsp3) is 0.435. The van der Waals surface area contributed by atoms with Crippen molar-refractivity contribution >= 4 is 17.3 Å². The van der Waals surface area contributed by atoms with E-state index in [0.717, 1.165) is 0 Å². The van der Waals surface area contributed by atoms with Crippen molar-refractivity contribution in [2.45, 2.75) is 50.9 Å². The zero-order valence-corrected chi connectivity index (χ0v) is 17.3. The normalized spacial score (nSPS) is 34.1. The summed E-state index contributed by atoms with van der Waals surface area (Å²) >= 11 is 5.49. The lowest BCUT2D eigenvalue weighted by molar-refractivity contribution is -0.0261. The number of hydrazine groups is 1. The van der Waals surface area contributed by atoms with Crippen LogP contribution in [0.1, 0.15) is 53.6 Å². The van der Waals surface area contributed by atoms with Crippen LogP contribution in [0.3, 0.4) is 0 Å². The van der Waals surface area contributed by atoms with Gasteiger partial charge in [0.1, 0.15) is 5.66 Å². The third-order valence-corrected chi connectivity index (χ3v) is 7.14. The molecule has 2 saturated heterocycles. The molecule has 1 saturated carbocycles. The molecule has 3 aliphatic rings. The summed E-state index contributed by atoms with van der Waals surface area (Å²) in [5.41, 5.74) is 11.9. The summed E-state index contributed by atoms with van der Waals surface area (Å²) in [6.07, 6.45) is 3.60. The molecular formula is C23H28N4S.